The molecule has 22 heavy (non-hydrogen) atoms. The highest BCUT2D eigenvalue weighted by Gasteiger charge is 2.47. The van der Waals surface area contributed by atoms with Crippen molar-refractivity contribution in [1.82, 2.24) is 19.5 Å². The molecular formula is C15H16N4O3. The zero-order valence-electron chi connectivity index (χ0n) is 11.9. The molecule has 2 aromatic rings. The van der Waals surface area contributed by atoms with Gasteiger partial charge in [-0.15, -0.1) is 0 Å². The third kappa shape index (κ3) is 2.04. The maximum atomic E-state index is 12.7. The van der Waals surface area contributed by atoms with Crippen molar-refractivity contribution in [2.24, 2.45) is 17.8 Å². The summed E-state index contributed by atoms with van der Waals surface area (Å²) in [7, 11) is 0. The standard InChI is InChI=1S/C15H16N4O3/c20-14(10-6-17-19-5-1-4-16-13(10)19)18-7-11(9-2-3-9)12(8-18)15(21)22/h1,4-6,9,11-12H,2-3,7-8H2,(H,21,22)/t11-,12+/m1/s1. The summed E-state index contributed by atoms with van der Waals surface area (Å²) < 4.78 is 1.55. The maximum absolute atomic E-state index is 12.7. The summed E-state index contributed by atoms with van der Waals surface area (Å²) in [5.74, 6) is -0.892. The number of hydrogen-bond donors (Lipinski definition) is 1. The lowest BCUT2D eigenvalue weighted by Gasteiger charge is -2.15. The Morgan fingerprint density at radius 1 is 1.27 bits per heavy atom. The van der Waals surface area contributed by atoms with Crippen molar-refractivity contribution >= 4 is 17.5 Å². The predicted molar refractivity (Wildman–Crippen MR) is 76.2 cm³/mol. The Morgan fingerprint density at radius 2 is 2.09 bits per heavy atom. The smallest absolute Gasteiger partial charge is 0.308 e. The summed E-state index contributed by atoms with van der Waals surface area (Å²) in [5, 5.41) is 13.5. The molecule has 0 bridgehead atoms. The van der Waals surface area contributed by atoms with E-state index in [1.165, 1.54) is 6.20 Å². The first kappa shape index (κ1) is 13.2. The fourth-order valence-corrected chi connectivity index (χ4v) is 3.41. The molecule has 0 radical (unpaired) electrons. The molecule has 1 N–H and O–H groups in total. The number of aliphatic carboxylic acids is 1. The van der Waals surface area contributed by atoms with Crippen molar-refractivity contribution in [3.63, 3.8) is 0 Å². The van der Waals surface area contributed by atoms with E-state index in [0.717, 1.165) is 12.8 Å². The van der Waals surface area contributed by atoms with Gasteiger partial charge in [0.25, 0.3) is 5.91 Å². The first-order valence-corrected chi connectivity index (χ1v) is 7.45. The van der Waals surface area contributed by atoms with Crippen LogP contribution in [-0.2, 0) is 4.79 Å². The Balaban J connectivity index is 1.62. The summed E-state index contributed by atoms with van der Waals surface area (Å²) in [6.07, 6.45) is 7.01. The molecule has 0 spiro atoms. The Bertz CT molecular complexity index is 752. The third-order valence-corrected chi connectivity index (χ3v) is 4.71. The van der Waals surface area contributed by atoms with Crippen molar-refractivity contribution in [1.29, 1.82) is 0 Å². The van der Waals surface area contributed by atoms with Crippen LogP contribution in [-0.4, -0.2) is 49.6 Å². The maximum Gasteiger partial charge on any atom is 0.308 e. The number of carbonyl (C=O) groups is 2. The summed E-state index contributed by atoms with van der Waals surface area (Å²) in [6.45, 7) is 0.796. The van der Waals surface area contributed by atoms with E-state index in [2.05, 4.69) is 10.1 Å². The van der Waals surface area contributed by atoms with E-state index in [9.17, 15) is 14.7 Å². The van der Waals surface area contributed by atoms with Crippen LogP contribution in [0.1, 0.15) is 23.2 Å². The lowest BCUT2D eigenvalue weighted by Crippen LogP contribution is -2.30. The second kappa shape index (κ2) is 4.79. The van der Waals surface area contributed by atoms with Gasteiger partial charge in [0.15, 0.2) is 5.65 Å². The number of aromatic nitrogens is 3. The highest BCUT2D eigenvalue weighted by molar-refractivity contribution is 6.00. The summed E-state index contributed by atoms with van der Waals surface area (Å²) >= 11 is 0. The minimum atomic E-state index is -0.801. The van der Waals surface area contributed by atoms with Crippen molar-refractivity contribution in [3.8, 4) is 0 Å². The molecule has 2 fully saturated rings. The molecule has 114 valence electrons. The average molecular weight is 300 g/mol. The van der Waals surface area contributed by atoms with E-state index >= 15 is 0 Å². The zero-order chi connectivity index (χ0) is 15.3. The second-order valence-corrected chi connectivity index (χ2v) is 6.10. The summed E-state index contributed by atoms with van der Waals surface area (Å²) in [4.78, 5) is 30.0. The highest BCUT2D eigenvalue weighted by atomic mass is 16.4. The molecular weight excluding hydrogens is 284 g/mol. The van der Waals surface area contributed by atoms with Gasteiger partial charge in [-0.3, -0.25) is 9.59 Å². The van der Waals surface area contributed by atoms with E-state index in [1.54, 1.807) is 27.9 Å². The van der Waals surface area contributed by atoms with E-state index in [4.69, 9.17) is 0 Å². The van der Waals surface area contributed by atoms with Crippen LogP contribution < -0.4 is 0 Å². The molecule has 1 aliphatic heterocycles. The molecule has 1 saturated heterocycles. The first-order valence-electron chi connectivity index (χ1n) is 7.45. The number of hydrogen-bond acceptors (Lipinski definition) is 4. The number of rotatable bonds is 3. The Labute approximate surface area is 126 Å². The van der Waals surface area contributed by atoms with E-state index in [1.807, 2.05) is 0 Å². The van der Waals surface area contributed by atoms with E-state index in [-0.39, 0.29) is 18.4 Å². The molecule has 4 rings (SSSR count). The molecule has 0 unspecified atom stereocenters. The Kier molecular flexibility index (Phi) is 2.88. The molecule has 2 aromatic heterocycles. The van der Waals surface area contributed by atoms with Crippen molar-refractivity contribution < 1.29 is 14.7 Å². The molecule has 2 atom stereocenters. The second-order valence-electron chi connectivity index (χ2n) is 6.10. The van der Waals surface area contributed by atoms with Crippen LogP contribution in [0.4, 0.5) is 0 Å². The van der Waals surface area contributed by atoms with Crippen molar-refractivity contribution in [3.05, 3.63) is 30.2 Å². The number of carboxylic acids is 1. The predicted octanol–water partition coefficient (Wildman–Crippen LogP) is 0.912. The zero-order valence-corrected chi connectivity index (χ0v) is 11.9. The van der Waals surface area contributed by atoms with Gasteiger partial charge in [-0.25, -0.2) is 9.50 Å². The van der Waals surface area contributed by atoms with Gasteiger partial charge in [0.05, 0.1) is 12.1 Å². The Hall–Kier alpha value is -2.44. The van der Waals surface area contributed by atoms with E-state index < -0.39 is 11.9 Å². The van der Waals surface area contributed by atoms with Gasteiger partial charge < -0.3 is 10.0 Å². The van der Waals surface area contributed by atoms with Gasteiger partial charge in [-0.2, -0.15) is 5.10 Å². The normalized spacial score (nSPS) is 24.8. The topological polar surface area (TPSA) is 87.8 Å². The van der Waals surface area contributed by atoms with Gasteiger partial charge in [-0.1, -0.05) is 0 Å². The van der Waals surface area contributed by atoms with Crippen LogP contribution in [0.3, 0.4) is 0 Å². The molecule has 2 aliphatic rings. The lowest BCUT2D eigenvalue weighted by molar-refractivity contribution is -0.142. The van der Waals surface area contributed by atoms with Crippen LogP contribution in [0.2, 0.25) is 0 Å². The van der Waals surface area contributed by atoms with Gasteiger partial charge in [0.2, 0.25) is 0 Å². The number of fused-ring (bicyclic) bond motifs is 1. The largest absolute Gasteiger partial charge is 0.481 e. The minimum Gasteiger partial charge on any atom is -0.481 e. The molecule has 0 aromatic carbocycles. The molecule has 1 saturated carbocycles. The first-order chi connectivity index (χ1) is 10.6. The average Bonchev–Trinajstić information content (AvgIpc) is 3.12. The van der Waals surface area contributed by atoms with Crippen LogP contribution in [0.25, 0.3) is 5.65 Å². The molecule has 1 amide bonds. The number of amides is 1. The van der Waals surface area contributed by atoms with E-state index in [0.29, 0.717) is 23.7 Å². The fourth-order valence-electron chi connectivity index (χ4n) is 3.41. The van der Waals surface area contributed by atoms with Gasteiger partial charge in [-0.05, 0) is 30.7 Å². The number of nitrogens with zero attached hydrogens (tertiary/aromatic N) is 4. The van der Waals surface area contributed by atoms with Gasteiger partial charge >= 0.3 is 5.97 Å². The molecule has 3 heterocycles. The van der Waals surface area contributed by atoms with Gasteiger partial charge in [0, 0.05) is 25.5 Å². The summed E-state index contributed by atoms with van der Waals surface area (Å²) in [5.41, 5.74) is 0.940. The SMILES string of the molecule is O=C(O)[C@H]1CN(C(=O)c2cnn3cccnc23)C[C@@H]1C1CC1. The quantitative estimate of drug-likeness (QED) is 0.910. The number of carboxylic acid groups (broad SMARTS) is 1. The molecule has 7 nitrogen and oxygen atoms in total. The molecule has 7 heteroatoms. The third-order valence-electron chi connectivity index (χ3n) is 4.71. The summed E-state index contributed by atoms with van der Waals surface area (Å²) in [6, 6.07) is 1.74. The Morgan fingerprint density at radius 3 is 2.82 bits per heavy atom. The van der Waals surface area contributed by atoms with Gasteiger partial charge in [0.1, 0.15) is 5.56 Å². The lowest BCUT2D eigenvalue weighted by atomic mass is 9.92. The van der Waals surface area contributed by atoms with Crippen LogP contribution in [0.15, 0.2) is 24.7 Å². The highest BCUT2D eigenvalue weighted by Crippen LogP contribution is 2.44. The minimum absolute atomic E-state index is 0.0799. The number of carbonyl (C=O) groups excluding carboxylic acids is 1. The monoisotopic (exact) mass is 300 g/mol. The fraction of sp³-hybridized carbons (Fsp3) is 0.467. The van der Waals surface area contributed by atoms with Crippen molar-refractivity contribution in [2.45, 2.75) is 12.8 Å². The van der Waals surface area contributed by atoms with Crippen LogP contribution in [0, 0.1) is 17.8 Å². The number of likely N-dealkylation sites (tertiary alicyclic amines) is 1. The van der Waals surface area contributed by atoms with Crippen molar-refractivity contribution in [2.75, 3.05) is 13.1 Å². The molecule has 1 aliphatic carbocycles. The van der Waals surface area contributed by atoms with Crippen LogP contribution in [0.5, 0.6) is 0 Å². The van der Waals surface area contributed by atoms with Crippen LogP contribution >= 0.6 is 0 Å².